The van der Waals surface area contributed by atoms with E-state index in [1.165, 1.54) is 11.6 Å². The molecule has 2 aromatic carbocycles. The highest BCUT2D eigenvalue weighted by molar-refractivity contribution is 5.30. The van der Waals surface area contributed by atoms with E-state index in [-0.39, 0.29) is 11.9 Å². The van der Waals surface area contributed by atoms with Crippen molar-refractivity contribution < 1.29 is 9.13 Å². The minimum atomic E-state index is -0.267. The largest absolute Gasteiger partial charge is 0.484 e. The molecule has 1 unspecified atom stereocenters. The lowest BCUT2D eigenvalue weighted by Gasteiger charge is -2.18. The summed E-state index contributed by atoms with van der Waals surface area (Å²) in [6, 6.07) is 12.8. The summed E-state index contributed by atoms with van der Waals surface area (Å²) in [5.74, 6) is 0.233. The molecule has 0 heterocycles. The molecule has 0 saturated heterocycles. The number of halogens is 1. The van der Waals surface area contributed by atoms with Crippen molar-refractivity contribution in [2.75, 3.05) is 6.54 Å². The summed E-state index contributed by atoms with van der Waals surface area (Å²) in [6.07, 6.45) is -0.261. The Bertz CT molecular complexity index is 551. The Hall–Kier alpha value is -1.87. The number of hydrogen-bond donors (Lipinski definition) is 1. The van der Waals surface area contributed by atoms with Crippen LogP contribution in [-0.2, 0) is 0 Å². The third-order valence-corrected chi connectivity index (χ3v) is 3.08. The molecule has 0 fully saturated rings. The molecule has 0 aliphatic heterocycles. The van der Waals surface area contributed by atoms with Crippen molar-refractivity contribution in [1.82, 2.24) is 0 Å². The number of hydrogen-bond acceptors (Lipinski definition) is 2. The molecular formula is C16H18FNO. The van der Waals surface area contributed by atoms with E-state index in [0.717, 1.165) is 5.56 Å². The van der Waals surface area contributed by atoms with Gasteiger partial charge in [0.1, 0.15) is 17.7 Å². The van der Waals surface area contributed by atoms with Gasteiger partial charge in [0.25, 0.3) is 0 Å². The molecular weight excluding hydrogens is 241 g/mol. The molecule has 0 radical (unpaired) electrons. The molecule has 2 N–H and O–H groups in total. The van der Waals surface area contributed by atoms with Crippen molar-refractivity contribution in [3.05, 3.63) is 65.0 Å². The van der Waals surface area contributed by atoms with E-state index < -0.39 is 0 Å². The van der Waals surface area contributed by atoms with E-state index >= 15 is 0 Å². The second-order valence-electron chi connectivity index (χ2n) is 4.66. The SMILES string of the molecule is Cc1ccc(C(CN)Oc2ccc(C)c(F)c2)cc1. The van der Waals surface area contributed by atoms with Crippen LogP contribution in [0.3, 0.4) is 0 Å². The summed E-state index contributed by atoms with van der Waals surface area (Å²) in [6.45, 7) is 4.09. The van der Waals surface area contributed by atoms with Crippen LogP contribution in [0.2, 0.25) is 0 Å². The van der Waals surface area contributed by atoms with E-state index in [1.807, 2.05) is 31.2 Å². The van der Waals surface area contributed by atoms with Crippen LogP contribution in [0, 0.1) is 19.7 Å². The highest BCUT2D eigenvalue weighted by Gasteiger charge is 2.12. The molecule has 0 aliphatic rings. The van der Waals surface area contributed by atoms with Gasteiger partial charge in [-0.2, -0.15) is 0 Å². The summed E-state index contributed by atoms with van der Waals surface area (Å²) in [7, 11) is 0. The predicted molar refractivity (Wildman–Crippen MR) is 74.7 cm³/mol. The van der Waals surface area contributed by atoms with Crippen molar-refractivity contribution in [2.45, 2.75) is 20.0 Å². The zero-order valence-electron chi connectivity index (χ0n) is 11.2. The fourth-order valence-electron chi connectivity index (χ4n) is 1.84. The Morgan fingerprint density at radius 1 is 1.11 bits per heavy atom. The van der Waals surface area contributed by atoms with Gasteiger partial charge in [0.15, 0.2) is 0 Å². The Labute approximate surface area is 113 Å². The number of nitrogens with two attached hydrogens (primary N) is 1. The van der Waals surface area contributed by atoms with Crippen molar-refractivity contribution in [3.8, 4) is 5.75 Å². The third-order valence-electron chi connectivity index (χ3n) is 3.08. The first kappa shape index (κ1) is 13.6. The first-order chi connectivity index (χ1) is 9.10. The molecule has 0 aliphatic carbocycles. The van der Waals surface area contributed by atoms with Crippen LogP contribution < -0.4 is 10.5 Å². The molecule has 0 spiro atoms. The summed E-state index contributed by atoms with van der Waals surface area (Å²) < 4.78 is 19.2. The summed E-state index contributed by atoms with van der Waals surface area (Å²) in [5.41, 5.74) is 8.52. The molecule has 0 aromatic heterocycles. The van der Waals surface area contributed by atoms with Crippen LogP contribution in [0.1, 0.15) is 22.8 Å². The van der Waals surface area contributed by atoms with Gasteiger partial charge in [-0.25, -0.2) is 4.39 Å². The maximum absolute atomic E-state index is 13.5. The first-order valence-corrected chi connectivity index (χ1v) is 6.29. The Balaban J connectivity index is 2.18. The molecule has 19 heavy (non-hydrogen) atoms. The fourth-order valence-corrected chi connectivity index (χ4v) is 1.84. The van der Waals surface area contributed by atoms with Gasteiger partial charge in [-0.1, -0.05) is 35.9 Å². The summed E-state index contributed by atoms with van der Waals surface area (Å²) >= 11 is 0. The normalized spacial score (nSPS) is 12.2. The molecule has 0 bridgehead atoms. The molecule has 2 aromatic rings. The molecule has 2 nitrogen and oxygen atoms in total. The van der Waals surface area contributed by atoms with Crippen molar-refractivity contribution in [2.24, 2.45) is 5.73 Å². The lowest BCUT2D eigenvalue weighted by Crippen LogP contribution is -2.18. The van der Waals surface area contributed by atoms with Gasteiger partial charge in [0.05, 0.1) is 0 Å². The topological polar surface area (TPSA) is 35.2 Å². The Morgan fingerprint density at radius 3 is 2.37 bits per heavy atom. The molecule has 0 amide bonds. The van der Waals surface area contributed by atoms with Crippen LogP contribution in [-0.4, -0.2) is 6.54 Å². The lowest BCUT2D eigenvalue weighted by atomic mass is 10.1. The van der Waals surface area contributed by atoms with Gasteiger partial charge < -0.3 is 10.5 Å². The quantitative estimate of drug-likeness (QED) is 0.911. The predicted octanol–water partition coefficient (Wildman–Crippen LogP) is 3.52. The average Bonchev–Trinajstić information content (AvgIpc) is 2.41. The smallest absolute Gasteiger partial charge is 0.136 e. The van der Waals surface area contributed by atoms with E-state index in [0.29, 0.717) is 17.9 Å². The molecule has 1 atom stereocenters. The molecule has 2 rings (SSSR count). The van der Waals surface area contributed by atoms with Crippen LogP contribution >= 0.6 is 0 Å². The molecule has 100 valence electrons. The van der Waals surface area contributed by atoms with Crippen LogP contribution in [0.25, 0.3) is 0 Å². The number of rotatable bonds is 4. The second kappa shape index (κ2) is 5.85. The highest BCUT2D eigenvalue weighted by Crippen LogP contribution is 2.23. The minimum Gasteiger partial charge on any atom is -0.484 e. The number of benzene rings is 2. The second-order valence-corrected chi connectivity index (χ2v) is 4.66. The standard InChI is InChI=1S/C16H18FNO/c1-11-3-6-13(7-4-11)16(10-18)19-14-8-5-12(2)15(17)9-14/h3-9,16H,10,18H2,1-2H3. The number of aryl methyl sites for hydroxylation is 2. The monoisotopic (exact) mass is 259 g/mol. The van der Waals surface area contributed by atoms with Crippen molar-refractivity contribution in [3.63, 3.8) is 0 Å². The van der Waals surface area contributed by atoms with Gasteiger partial charge in [0, 0.05) is 12.6 Å². The van der Waals surface area contributed by atoms with Crippen LogP contribution in [0.5, 0.6) is 5.75 Å². The van der Waals surface area contributed by atoms with E-state index in [4.69, 9.17) is 10.5 Å². The average molecular weight is 259 g/mol. The van der Waals surface area contributed by atoms with E-state index in [9.17, 15) is 4.39 Å². The Kier molecular flexibility index (Phi) is 4.17. The first-order valence-electron chi connectivity index (χ1n) is 6.29. The zero-order valence-corrected chi connectivity index (χ0v) is 11.2. The minimum absolute atomic E-state index is 0.261. The van der Waals surface area contributed by atoms with Gasteiger partial charge in [-0.3, -0.25) is 0 Å². The van der Waals surface area contributed by atoms with Crippen molar-refractivity contribution in [1.29, 1.82) is 0 Å². The van der Waals surface area contributed by atoms with Crippen molar-refractivity contribution >= 4 is 0 Å². The molecule has 0 saturated carbocycles. The fraction of sp³-hybridized carbons (Fsp3) is 0.250. The van der Waals surface area contributed by atoms with Gasteiger partial charge in [-0.05, 0) is 31.0 Å². The summed E-state index contributed by atoms with van der Waals surface area (Å²) in [4.78, 5) is 0. The van der Waals surface area contributed by atoms with Gasteiger partial charge >= 0.3 is 0 Å². The third kappa shape index (κ3) is 3.32. The van der Waals surface area contributed by atoms with E-state index in [2.05, 4.69) is 0 Å². The maximum Gasteiger partial charge on any atom is 0.136 e. The maximum atomic E-state index is 13.5. The Morgan fingerprint density at radius 2 is 1.79 bits per heavy atom. The molecule has 3 heteroatoms. The highest BCUT2D eigenvalue weighted by atomic mass is 19.1. The van der Waals surface area contributed by atoms with Gasteiger partial charge in [0.2, 0.25) is 0 Å². The number of ether oxygens (including phenoxy) is 1. The van der Waals surface area contributed by atoms with Gasteiger partial charge in [-0.15, -0.1) is 0 Å². The summed E-state index contributed by atoms with van der Waals surface area (Å²) in [5, 5.41) is 0. The zero-order chi connectivity index (χ0) is 13.8. The van der Waals surface area contributed by atoms with Crippen LogP contribution in [0.15, 0.2) is 42.5 Å². The van der Waals surface area contributed by atoms with E-state index in [1.54, 1.807) is 19.1 Å². The van der Waals surface area contributed by atoms with Crippen LogP contribution in [0.4, 0.5) is 4.39 Å². The lowest BCUT2D eigenvalue weighted by molar-refractivity contribution is 0.213.